The summed E-state index contributed by atoms with van der Waals surface area (Å²) in [5.74, 6) is 0.0813. The molecule has 5 heteroatoms. The number of thiazole rings is 1. The fraction of sp³-hybridized carbons (Fsp3) is 0.333. The first kappa shape index (κ1) is 15.0. The number of halogens is 1. The van der Waals surface area contributed by atoms with Crippen LogP contribution in [0, 0.1) is 0 Å². The van der Waals surface area contributed by atoms with Gasteiger partial charge in [0.15, 0.2) is 0 Å². The summed E-state index contributed by atoms with van der Waals surface area (Å²) in [5.41, 5.74) is 1.12. The molecule has 1 amide bonds. The lowest BCUT2D eigenvalue weighted by atomic mass is 10.1. The molecule has 0 radical (unpaired) electrons. The fourth-order valence-electron chi connectivity index (χ4n) is 1.80. The van der Waals surface area contributed by atoms with Gasteiger partial charge in [-0.1, -0.05) is 29.8 Å². The van der Waals surface area contributed by atoms with Crippen molar-refractivity contribution in [3.8, 4) is 0 Å². The van der Waals surface area contributed by atoms with E-state index in [1.807, 2.05) is 30.5 Å². The van der Waals surface area contributed by atoms with Gasteiger partial charge in [0.2, 0.25) is 5.91 Å². The van der Waals surface area contributed by atoms with Crippen LogP contribution in [-0.2, 0) is 17.6 Å². The van der Waals surface area contributed by atoms with Crippen molar-refractivity contribution in [2.45, 2.75) is 19.8 Å². The van der Waals surface area contributed by atoms with Crippen molar-refractivity contribution in [3.63, 3.8) is 0 Å². The first-order valence-corrected chi connectivity index (χ1v) is 7.64. The van der Waals surface area contributed by atoms with E-state index in [1.54, 1.807) is 30.2 Å². The number of aromatic nitrogens is 1. The maximum Gasteiger partial charge on any atom is 0.219 e. The fourth-order valence-corrected chi connectivity index (χ4v) is 2.93. The molecule has 1 heterocycles. The zero-order chi connectivity index (χ0) is 14.5. The SMILES string of the molecule is CC(=O)N(C)CCc1ncc(Cc2ccccc2Cl)s1. The highest BCUT2D eigenvalue weighted by atomic mass is 35.5. The van der Waals surface area contributed by atoms with Crippen LogP contribution in [0.1, 0.15) is 22.4 Å². The first-order chi connectivity index (χ1) is 9.56. The van der Waals surface area contributed by atoms with Gasteiger partial charge in [-0.3, -0.25) is 4.79 Å². The Labute approximate surface area is 128 Å². The Morgan fingerprint density at radius 3 is 2.85 bits per heavy atom. The Hall–Kier alpha value is -1.39. The highest BCUT2D eigenvalue weighted by Gasteiger charge is 2.07. The summed E-state index contributed by atoms with van der Waals surface area (Å²) in [7, 11) is 1.81. The lowest BCUT2D eigenvalue weighted by molar-refractivity contribution is -0.127. The number of rotatable bonds is 5. The van der Waals surface area contributed by atoms with Crippen molar-refractivity contribution in [2.24, 2.45) is 0 Å². The van der Waals surface area contributed by atoms with Crippen molar-refractivity contribution in [1.82, 2.24) is 9.88 Å². The molecule has 106 valence electrons. The highest BCUT2D eigenvalue weighted by Crippen LogP contribution is 2.22. The van der Waals surface area contributed by atoms with Crippen molar-refractivity contribution in [1.29, 1.82) is 0 Å². The van der Waals surface area contributed by atoms with Crippen LogP contribution >= 0.6 is 22.9 Å². The molecule has 20 heavy (non-hydrogen) atoms. The van der Waals surface area contributed by atoms with Crippen LogP contribution in [0.5, 0.6) is 0 Å². The number of amides is 1. The first-order valence-electron chi connectivity index (χ1n) is 6.45. The molecule has 0 bridgehead atoms. The second-order valence-corrected chi connectivity index (χ2v) is 6.29. The number of hydrogen-bond donors (Lipinski definition) is 0. The standard InChI is InChI=1S/C15H17ClN2OS/c1-11(19)18(2)8-7-15-17-10-13(20-15)9-12-5-3-4-6-14(12)16/h3-6,10H,7-9H2,1-2H3. The average molecular weight is 309 g/mol. The highest BCUT2D eigenvalue weighted by molar-refractivity contribution is 7.11. The number of carbonyl (C=O) groups is 1. The molecule has 0 saturated carbocycles. The van der Waals surface area contributed by atoms with E-state index < -0.39 is 0 Å². The van der Waals surface area contributed by atoms with Crippen LogP contribution in [0.3, 0.4) is 0 Å². The summed E-state index contributed by atoms with van der Waals surface area (Å²) in [6.07, 6.45) is 3.50. The zero-order valence-electron chi connectivity index (χ0n) is 11.6. The van der Waals surface area contributed by atoms with Gasteiger partial charge >= 0.3 is 0 Å². The Kier molecular flexibility index (Phi) is 5.15. The number of benzene rings is 1. The molecule has 0 aliphatic rings. The summed E-state index contributed by atoms with van der Waals surface area (Å²) in [6.45, 7) is 2.28. The maximum atomic E-state index is 11.1. The smallest absolute Gasteiger partial charge is 0.219 e. The molecule has 0 atom stereocenters. The summed E-state index contributed by atoms with van der Waals surface area (Å²) in [6, 6.07) is 7.86. The molecule has 0 N–H and O–H groups in total. The molecule has 1 aromatic carbocycles. The maximum absolute atomic E-state index is 11.1. The molecule has 2 rings (SSSR count). The van der Waals surface area contributed by atoms with E-state index in [4.69, 9.17) is 11.6 Å². The molecule has 3 nitrogen and oxygen atoms in total. The molecule has 0 aliphatic carbocycles. The third kappa shape index (κ3) is 4.05. The minimum absolute atomic E-state index is 0.0813. The predicted octanol–water partition coefficient (Wildman–Crippen LogP) is 3.41. The molecule has 0 spiro atoms. The minimum atomic E-state index is 0.0813. The summed E-state index contributed by atoms with van der Waals surface area (Å²) < 4.78 is 0. The van der Waals surface area contributed by atoms with Crippen LogP contribution in [-0.4, -0.2) is 29.4 Å². The lowest BCUT2D eigenvalue weighted by Crippen LogP contribution is -2.25. The van der Waals surface area contributed by atoms with Gasteiger partial charge in [-0.25, -0.2) is 4.98 Å². The molecular weight excluding hydrogens is 292 g/mol. The van der Waals surface area contributed by atoms with Crippen LogP contribution < -0.4 is 0 Å². The zero-order valence-corrected chi connectivity index (χ0v) is 13.2. The number of hydrogen-bond acceptors (Lipinski definition) is 3. The van der Waals surface area contributed by atoms with E-state index in [9.17, 15) is 4.79 Å². The largest absolute Gasteiger partial charge is 0.346 e. The van der Waals surface area contributed by atoms with E-state index in [1.165, 1.54) is 4.88 Å². The summed E-state index contributed by atoms with van der Waals surface area (Å²) >= 11 is 7.84. The summed E-state index contributed by atoms with van der Waals surface area (Å²) in [5, 5.41) is 1.85. The van der Waals surface area contributed by atoms with Crippen LogP contribution in [0.25, 0.3) is 0 Å². The molecule has 1 aromatic heterocycles. The van der Waals surface area contributed by atoms with Crippen LogP contribution in [0.4, 0.5) is 0 Å². The van der Waals surface area contributed by atoms with Gasteiger partial charge in [-0.15, -0.1) is 11.3 Å². The molecular formula is C15H17ClN2OS. The monoisotopic (exact) mass is 308 g/mol. The van der Waals surface area contributed by atoms with Gasteiger partial charge in [0.25, 0.3) is 0 Å². The molecule has 2 aromatic rings. The quantitative estimate of drug-likeness (QED) is 0.848. The van der Waals surface area contributed by atoms with Gasteiger partial charge in [0.1, 0.15) is 0 Å². The van der Waals surface area contributed by atoms with Crippen LogP contribution in [0.15, 0.2) is 30.5 Å². The Bertz CT molecular complexity index is 597. The predicted molar refractivity (Wildman–Crippen MR) is 83.4 cm³/mol. The van der Waals surface area contributed by atoms with Crippen molar-refractivity contribution < 1.29 is 4.79 Å². The van der Waals surface area contributed by atoms with Crippen molar-refractivity contribution in [3.05, 3.63) is 50.9 Å². The third-order valence-corrected chi connectivity index (χ3v) is 4.55. The topological polar surface area (TPSA) is 33.2 Å². The van der Waals surface area contributed by atoms with Gasteiger partial charge in [0, 0.05) is 49.5 Å². The Balaban J connectivity index is 1.96. The summed E-state index contributed by atoms with van der Waals surface area (Å²) in [4.78, 5) is 18.5. The molecule has 0 unspecified atom stereocenters. The van der Waals surface area contributed by atoms with E-state index in [-0.39, 0.29) is 5.91 Å². The van der Waals surface area contributed by atoms with Crippen molar-refractivity contribution >= 4 is 28.8 Å². The molecule has 0 fully saturated rings. The van der Waals surface area contributed by atoms with Gasteiger partial charge < -0.3 is 4.90 Å². The second-order valence-electron chi connectivity index (χ2n) is 4.68. The van der Waals surface area contributed by atoms with E-state index >= 15 is 0 Å². The number of nitrogens with zero attached hydrogens (tertiary/aromatic N) is 2. The average Bonchev–Trinajstić information content (AvgIpc) is 2.86. The number of carbonyl (C=O) groups excluding carboxylic acids is 1. The Morgan fingerprint density at radius 1 is 1.40 bits per heavy atom. The second kappa shape index (κ2) is 6.86. The lowest BCUT2D eigenvalue weighted by Gasteiger charge is -2.12. The van der Waals surface area contributed by atoms with Gasteiger partial charge in [0.05, 0.1) is 5.01 Å². The van der Waals surface area contributed by atoms with Crippen LogP contribution in [0.2, 0.25) is 5.02 Å². The van der Waals surface area contributed by atoms with E-state index in [0.29, 0.717) is 6.54 Å². The Morgan fingerprint density at radius 2 is 2.15 bits per heavy atom. The van der Waals surface area contributed by atoms with Gasteiger partial charge in [-0.05, 0) is 11.6 Å². The van der Waals surface area contributed by atoms with Crippen molar-refractivity contribution in [2.75, 3.05) is 13.6 Å². The van der Waals surface area contributed by atoms with Gasteiger partial charge in [-0.2, -0.15) is 0 Å². The normalized spacial score (nSPS) is 10.6. The third-order valence-electron chi connectivity index (χ3n) is 3.12. The van der Waals surface area contributed by atoms with E-state index in [0.717, 1.165) is 28.4 Å². The molecule has 0 aliphatic heterocycles. The number of likely N-dealkylation sites (N-methyl/N-ethyl adjacent to an activating group) is 1. The minimum Gasteiger partial charge on any atom is -0.346 e. The molecule has 0 saturated heterocycles. The van der Waals surface area contributed by atoms with E-state index in [2.05, 4.69) is 4.98 Å².